The first-order valence-electron chi connectivity index (χ1n) is 9.34. The van der Waals surface area contributed by atoms with Crippen LogP contribution in [0, 0.1) is 0 Å². The van der Waals surface area contributed by atoms with Gasteiger partial charge in [-0.15, -0.1) is 0 Å². The molecule has 28 heavy (non-hydrogen) atoms. The third kappa shape index (κ3) is 3.72. The lowest BCUT2D eigenvalue weighted by molar-refractivity contribution is -0.115. The molecule has 0 spiro atoms. The van der Waals surface area contributed by atoms with E-state index in [-0.39, 0.29) is 5.91 Å². The van der Waals surface area contributed by atoms with Crippen LogP contribution in [0.15, 0.2) is 109 Å². The Balaban J connectivity index is 1.63. The van der Waals surface area contributed by atoms with Gasteiger partial charge in [-0.25, -0.2) is 0 Å². The second-order valence-electron chi connectivity index (χ2n) is 6.68. The van der Waals surface area contributed by atoms with Crippen LogP contribution in [0.3, 0.4) is 0 Å². The Hall–Kier alpha value is -3.65. The number of hydrogen-bond donors (Lipinski definition) is 0. The fraction of sp³-hybridized carbons (Fsp3) is 0.0385. The van der Waals surface area contributed by atoms with Gasteiger partial charge in [-0.2, -0.15) is 0 Å². The summed E-state index contributed by atoms with van der Waals surface area (Å²) in [5, 5.41) is 0. The van der Waals surface area contributed by atoms with Crippen molar-refractivity contribution in [2.45, 2.75) is 6.92 Å². The molecule has 0 bridgehead atoms. The molecule has 136 valence electrons. The zero-order chi connectivity index (χ0) is 19.3. The molecule has 0 aliphatic carbocycles. The van der Waals surface area contributed by atoms with E-state index in [1.54, 1.807) is 11.8 Å². The van der Waals surface area contributed by atoms with E-state index in [4.69, 9.17) is 0 Å². The maximum absolute atomic E-state index is 12.4. The molecule has 0 unspecified atom stereocenters. The molecule has 0 aliphatic heterocycles. The maximum atomic E-state index is 12.4. The van der Waals surface area contributed by atoms with E-state index in [1.807, 2.05) is 60.7 Å². The molecule has 0 saturated heterocycles. The Morgan fingerprint density at radius 2 is 0.821 bits per heavy atom. The lowest BCUT2D eigenvalue weighted by Crippen LogP contribution is -2.22. The molecule has 0 N–H and O–H groups in total. The van der Waals surface area contributed by atoms with Crippen LogP contribution in [0.25, 0.3) is 22.3 Å². The highest BCUT2D eigenvalue weighted by Crippen LogP contribution is 2.30. The van der Waals surface area contributed by atoms with Crippen molar-refractivity contribution >= 4 is 17.3 Å². The van der Waals surface area contributed by atoms with Gasteiger partial charge < -0.3 is 0 Å². The number of benzene rings is 4. The van der Waals surface area contributed by atoms with Crippen LogP contribution in [0.2, 0.25) is 0 Å². The highest BCUT2D eigenvalue weighted by molar-refractivity contribution is 5.99. The average Bonchev–Trinajstić information content (AvgIpc) is 2.76. The summed E-state index contributed by atoms with van der Waals surface area (Å²) in [5.41, 5.74) is 6.31. The Morgan fingerprint density at radius 3 is 1.14 bits per heavy atom. The summed E-state index contributed by atoms with van der Waals surface area (Å²) in [5.74, 6) is -0.0140. The predicted octanol–water partition coefficient (Wildman–Crippen LogP) is 6.71. The Kier molecular flexibility index (Phi) is 5.03. The number of carbonyl (C=O) groups is 1. The third-order valence-electron chi connectivity index (χ3n) is 4.78. The molecule has 1 amide bonds. The number of anilines is 2. The second kappa shape index (κ2) is 7.93. The monoisotopic (exact) mass is 363 g/mol. The quantitative estimate of drug-likeness (QED) is 0.395. The lowest BCUT2D eigenvalue weighted by Gasteiger charge is -2.22. The topological polar surface area (TPSA) is 20.3 Å². The van der Waals surface area contributed by atoms with Crippen LogP contribution in [0.4, 0.5) is 11.4 Å². The minimum Gasteiger partial charge on any atom is -0.281 e. The van der Waals surface area contributed by atoms with Crippen molar-refractivity contribution in [2.75, 3.05) is 4.90 Å². The maximum Gasteiger partial charge on any atom is 0.228 e. The Morgan fingerprint density at radius 1 is 0.500 bits per heavy atom. The van der Waals surface area contributed by atoms with Crippen LogP contribution in [-0.4, -0.2) is 5.91 Å². The van der Waals surface area contributed by atoms with E-state index >= 15 is 0 Å². The molecule has 2 heteroatoms. The SMILES string of the molecule is CC(=O)N(c1ccc(-c2ccccc2)cc1)c1ccc(-c2ccccc2)cc1. The van der Waals surface area contributed by atoms with Crippen LogP contribution in [0.5, 0.6) is 0 Å². The Bertz CT molecular complexity index is 970. The molecule has 0 atom stereocenters. The molecule has 0 saturated carbocycles. The number of nitrogens with zero attached hydrogens (tertiary/aromatic N) is 1. The van der Waals surface area contributed by atoms with E-state index in [2.05, 4.69) is 48.5 Å². The lowest BCUT2D eigenvalue weighted by atomic mass is 10.0. The van der Waals surface area contributed by atoms with Gasteiger partial charge in [0, 0.05) is 18.3 Å². The minimum atomic E-state index is -0.0140. The van der Waals surface area contributed by atoms with E-state index in [1.165, 1.54) is 0 Å². The van der Waals surface area contributed by atoms with Crippen LogP contribution in [-0.2, 0) is 4.79 Å². The second-order valence-corrected chi connectivity index (χ2v) is 6.68. The van der Waals surface area contributed by atoms with E-state index in [9.17, 15) is 4.79 Å². The van der Waals surface area contributed by atoms with Crippen molar-refractivity contribution in [2.24, 2.45) is 0 Å². The van der Waals surface area contributed by atoms with Crippen LogP contribution in [0.1, 0.15) is 6.92 Å². The molecule has 0 radical (unpaired) electrons. The van der Waals surface area contributed by atoms with Crippen molar-refractivity contribution in [1.82, 2.24) is 0 Å². The summed E-state index contributed by atoms with van der Waals surface area (Å²) in [7, 11) is 0. The first kappa shape index (κ1) is 17.7. The fourth-order valence-corrected chi connectivity index (χ4v) is 3.38. The standard InChI is InChI=1S/C26H21NO/c1-20(28)27(25-16-12-23(13-17-25)21-8-4-2-5-9-21)26-18-14-24(15-19-26)22-10-6-3-7-11-22/h2-19H,1H3. The van der Waals surface area contributed by atoms with E-state index in [0.717, 1.165) is 33.6 Å². The molecular formula is C26H21NO. The van der Waals surface area contributed by atoms with Gasteiger partial charge in [-0.1, -0.05) is 84.9 Å². The highest BCUT2D eigenvalue weighted by atomic mass is 16.2. The van der Waals surface area contributed by atoms with Crippen molar-refractivity contribution < 1.29 is 4.79 Å². The van der Waals surface area contributed by atoms with E-state index in [0.29, 0.717) is 0 Å². The largest absolute Gasteiger partial charge is 0.281 e. The molecule has 4 aromatic rings. The molecule has 0 fully saturated rings. The molecule has 0 aromatic heterocycles. The van der Waals surface area contributed by atoms with Gasteiger partial charge in [0.1, 0.15) is 0 Å². The van der Waals surface area contributed by atoms with Crippen molar-refractivity contribution in [3.8, 4) is 22.3 Å². The molecule has 0 heterocycles. The summed E-state index contributed by atoms with van der Waals surface area (Å²) in [6.45, 7) is 1.59. The molecule has 4 rings (SSSR count). The predicted molar refractivity (Wildman–Crippen MR) is 117 cm³/mol. The van der Waals surface area contributed by atoms with Gasteiger partial charge in [0.05, 0.1) is 0 Å². The molecule has 0 aliphatic rings. The van der Waals surface area contributed by atoms with Crippen molar-refractivity contribution in [1.29, 1.82) is 0 Å². The van der Waals surface area contributed by atoms with Crippen LogP contribution >= 0.6 is 0 Å². The first-order chi connectivity index (χ1) is 13.7. The molecule has 4 aromatic carbocycles. The average molecular weight is 363 g/mol. The van der Waals surface area contributed by atoms with Gasteiger partial charge in [0.25, 0.3) is 0 Å². The zero-order valence-corrected chi connectivity index (χ0v) is 15.7. The van der Waals surface area contributed by atoms with Gasteiger partial charge in [-0.05, 0) is 46.5 Å². The number of rotatable bonds is 4. The summed E-state index contributed by atoms with van der Waals surface area (Å²) >= 11 is 0. The summed E-state index contributed by atoms with van der Waals surface area (Å²) in [6, 6.07) is 36.7. The smallest absolute Gasteiger partial charge is 0.228 e. The van der Waals surface area contributed by atoms with Gasteiger partial charge in [-0.3, -0.25) is 9.69 Å². The summed E-state index contributed by atoms with van der Waals surface area (Å²) in [6.07, 6.45) is 0. The van der Waals surface area contributed by atoms with Gasteiger partial charge in [0.15, 0.2) is 0 Å². The number of hydrogen-bond acceptors (Lipinski definition) is 1. The van der Waals surface area contributed by atoms with Gasteiger partial charge in [0.2, 0.25) is 5.91 Å². The summed E-state index contributed by atoms with van der Waals surface area (Å²) in [4.78, 5) is 14.1. The van der Waals surface area contributed by atoms with Crippen molar-refractivity contribution in [3.63, 3.8) is 0 Å². The molecular weight excluding hydrogens is 342 g/mol. The minimum absolute atomic E-state index is 0.0140. The number of amides is 1. The zero-order valence-electron chi connectivity index (χ0n) is 15.7. The first-order valence-corrected chi connectivity index (χ1v) is 9.34. The van der Waals surface area contributed by atoms with Crippen LogP contribution < -0.4 is 4.90 Å². The number of carbonyl (C=O) groups excluding carboxylic acids is 1. The molecule has 2 nitrogen and oxygen atoms in total. The Labute approximate surface area is 165 Å². The van der Waals surface area contributed by atoms with Gasteiger partial charge >= 0.3 is 0 Å². The van der Waals surface area contributed by atoms with Crippen molar-refractivity contribution in [3.05, 3.63) is 109 Å². The highest BCUT2D eigenvalue weighted by Gasteiger charge is 2.14. The normalized spacial score (nSPS) is 10.5. The third-order valence-corrected chi connectivity index (χ3v) is 4.78. The fourth-order valence-electron chi connectivity index (χ4n) is 3.38. The van der Waals surface area contributed by atoms with E-state index < -0.39 is 0 Å². The summed E-state index contributed by atoms with van der Waals surface area (Å²) < 4.78 is 0.